The van der Waals surface area contributed by atoms with Gasteiger partial charge < -0.3 is 10.7 Å². The van der Waals surface area contributed by atoms with Gasteiger partial charge in [0.25, 0.3) is 0 Å². The van der Waals surface area contributed by atoms with Gasteiger partial charge in [-0.05, 0) is 48.6 Å². The monoisotopic (exact) mass is 298 g/mol. The van der Waals surface area contributed by atoms with Gasteiger partial charge in [0.05, 0.1) is 17.6 Å². The van der Waals surface area contributed by atoms with E-state index in [-0.39, 0.29) is 0 Å². The zero-order valence-corrected chi connectivity index (χ0v) is 12.8. The van der Waals surface area contributed by atoms with Crippen molar-refractivity contribution in [2.75, 3.05) is 12.3 Å². The second kappa shape index (κ2) is 4.86. The first-order valence-electron chi connectivity index (χ1n) is 7.25. The Bertz CT molecular complexity index is 789. The number of aromatic amines is 1. The third-order valence-electron chi connectivity index (χ3n) is 4.31. The second-order valence-corrected chi connectivity index (χ2v) is 6.66. The van der Waals surface area contributed by atoms with Crippen LogP contribution in [0.1, 0.15) is 29.2 Å². The molecule has 3 aromatic rings. The molecule has 0 aliphatic carbocycles. The maximum Gasteiger partial charge on any atom is 0.121 e. The lowest BCUT2D eigenvalue weighted by Crippen LogP contribution is -2.32. The van der Waals surface area contributed by atoms with E-state index in [9.17, 15) is 0 Å². The van der Waals surface area contributed by atoms with E-state index in [2.05, 4.69) is 33.2 Å². The van der Waals surface area contributed by atoms with Crippen LogP contribution in [0.15, 0.2) is 29.6 Å². The first kappa shape index (κ1) is 12.9. The number of hydrogen-bond acceptors (Lipinski definition) is 4. The van der Waals surface area contributed by atoms with Crippen molar-refractivity contribution in [1.29, 1.82) is 0 Å². The molecule has 1 aromatic carbocycles. The molecule has 108 valence electrons. The molecule has 1 unspecified atom stereocenters. The number of hydrogen-bond donors (Lipinski definition) is 2. The minimum Gasteiger partial charge on any atom is -0.399 e. The van der Waals surface area contributed by atoms with Crippen LogP contribution >= 0.6 is 11.3 Å². The molecule has 3 heterocycles. The summed E-state index contributed by atoms with van der Waals surface area (Å²) < 4.78 is 0. The molecule has 0 amide bonds. The van der Waals surface area contributed by atoms with E-state index >= 15 is 0 Å². The van der Waals surface area contributed by atoms with Crippen molar-refractivity contribution < 1.29 is 0 Å². The summed E-state index contributed by atoms with van der Waals surface area (Å²) in [6.07, 6.45) is 1.14. The molecule has 3 N–H and O–H groups in total. The average Bonchev–Trinajstić information content (AvgIpc) is 3.07. The predicted molar refractivity (Wildman–Crippen MR) is 87.4 cm³/mol. The summed E-state index contributed by atoms with van der Waals surface area (Å²) in [5.74, 6) is 1.01. The van der Waals surface area contributed by atoms with E-state index in [1.807, 2.05) is 29.5 Å². The molecule has 1 aliphatic rings. The average molecular weight is 298 g/mol. The van der Waals surface area contributed by atoms with Crippen molar-refractivity contribution in [3.63, 3.8) is 0 Å². The number of nitrogens with zero attached hydrogens (tertiary/aromatic N) is 2. The maximum atomic E-state index is 5.82. The Morgan fingerprint density at radius 2 is 2.33 bits per heavy atom. The number of aromatic nitrogens is 2. The van der Waals surface area contributed by atoms with Gasteiger partial charge in [-0.2, -0.15) is 0 Å². The van der Waals surface area contributed by atoms with Gasteiger partial charge in [-0.3, -0.25) is 4.90 Å². The molecule has 0 bridgehead atoms. The van der Waals surface area contributed by atoms with Crippen LogP contribution in [-0.4, -0.2) is 21.4 Å². The molecule has 21 heavy (non-hydrogen) atoms. The standard InChI is InChI=1S/C16H18N4S/c1-10-12-5-7-21-15(12)4-6-20(10)9-16-18-13-3-2-11(17)8-14(13)19-16/h2-3,5,7-8,10H,4,6,9,17H2,1H3,(H,18,19). The molecule has 0 saturated heterocycles. The lowest BCUT2D eigenvalue weighted by Gasteiger charge is -2.32. The molecule has 4 rings (SSSR count). The zero-order valence-electron chi connectivity index (χ0n) is 12.0. The second-order valence-electron chi connectivity index (χ2n) is 5.66. The molecule has 4 nitrogen and oxygen atoms in total. The molecule has 0 spiro atoms. The Morgan fingerprint density at radius 1 is 1.43 bits per heavy atom. The van der Waals surface area contributed by atoms with Crippen LogP contribution in [0.25, 0.3) is 11.0 Å². The molecular formula is C16H18N4S. The van der Waals surface area contributed by atoms with Crippen molar-refractivity contribution in [2.45, 2.75) is 25.9 Å². The van der Waals surface area contributed by atoms with Gasteiger partial charge in [0.2, 0.25) is 0 Å². The number of nitrogens with one attached hydrogen (secondary N) is 1. The Labute approximate surface area is 127 Å². The van der Waals surface area contributed by atoms with Gasteiger partial charge in [-0.1, -0.05) is 0 Å². The summed E-state index contributed by atoms with van der Waals surface area (Å²) >= 11 is 1.88. The summed E-state index contributed by atoms with van der Waals surface area (Å²) in [5.41, 5.74) is 10.1. The van der Waals surface area contributed by atoms with Gasteiger partial charge >= 0.3 is 0 Å². The maximum absolute atomic E-state index is 5.82. The highest BCUT2D eigenvalue weighted by molar-refractivity contribution is 7.10. The summed E-state index contributed by atoms with van der Waals surface area (Å²) in [6.45, 7) is 4.23. The highest BCUT2D eigenvalue weighted by Gasteiger charge is 2.25. The van der Waals surface area contributed by atoms with Gasteiger partial charge in [0, 0.05) is 23.2 Å². The summed E-state index contributed by atoms with van der Waals surface area (Å²) in [4.78, 5) is 12.1. The molecule has 1 atom stereocenters. The number of imidazole rings is 1. The van der Waals surface area contributed by atoms with Crippen LogP contribution in [0, 0.1) is 0 Å². The van der Waals surface area contributed by atoms with Gasteiger partial charge in [0.15, 0.2) is 0 Å². The predicted octanol–water partition coefficient (Wildman–Crippen LogP) is 3.33. The Hall–Kier alpha value is -1.85. The van der Waals surface area contributed by atoms with Crippen LogP contribution < -0.4 is 5.73 Å². The first-order chi connectivity index (χ1) is 10.2. The Morgan fingerprint density at radius 3 is 3.24 bits per heavy atom. The Kier molecular flexibility index (Phi) is 2.97. The van der Waals surface area contributed by atoms with Crippen LogP contribution in [0.3, 0.4) is 0 Å². The smallest absolute Gasteiger partial charge is 0.121 e. The van der Waals surface area contributed by atoms with Gasteiger partial charge in [-0.15, -0.1) is 11.3 Å². The van der Waals surface area contributed by atoms with E-state index in [0.717, 1.165) is 42.1 Å². The van der Waals surface area contributed by atoms with E-state index in [1.54, 1.807) is 0 Å². The molecule has 0 fully saturated rings. The van der Waals surface area contributed by atoms with E-state index in [1.165, 1.54) is 10.4 Å². The third-order valence-corrected chi connectivity index (χ3v) is 5.31. The zero-order chi connectivity index (χ0) is 14.4. The van der Waals surface area contributed by atoms with Crippen molar-refractivity contribution in [2.24, 2.45) is 0 Å². The summed E-state index contributed by atoms with van der Waals surface area (Å²) in [6, 6.07) is 8.53. The van der Waals surface area contributed by atoms with Crippen LogP contribution in [0.2, 0.25) is 0 Å². The van der Waals surface area contributed by atoms with Crippen molar-refractivity contribution in [3.8, 4) is 0 Å². The topological polar surface area (TPSA) is 57.9 Å². The number of benzene rings is 1. The number of rotatable bonds is 2. The van der Waals surface area contributed by atoms with Crippen molar-refractivity contribution in [1.82, 2.24) is 14.9 Å². The van der Waals surface area contributed by atoms with Gasteiger partial charge in [0.1, 0.15) is 5.82 Å². The lowest BCUT2D eigenvalue weighted by atomic mass is 10.0. The largest absolute Gasteiger partial charge is 0.399 e. The molecule has 5 heteroatoms. The van der Waals surface area contributed by atoms with Crippen LogP contribution in [0.5, 0.6) is 0 Å². The number of nitrogen functional groups attached to an aromatic ring is 1. The molecule has 0 radical (unpaired) electrons. The molecule has 1 aliphatic heterocycles. The van der Waals surface area contributed by atoms with E-state index in [4.69, 9.17) is 5.73 Å². The number of thiophene rings is 1. The Balaban J connectivity index is 1.60. The number of nitrogens with two attached hydrogens (primary N) is 1. The van der Waals surface area contributed by atoms with Crippen molar-refractivity contribution in [3.05, 3.63) is 45.9 Å². The third kappa shape index (κ3) is 2.22. The fourth-order valence-electron chi connectivity index (χ4n) is 3.12. The van der Waals surface area contributed by atoms with E-state index < -0.39 is 0 Å². The van der Waals surface area contributed by atoms with Crippen molar-refractivity contribution >= 4 is 28.1 Å². The minimum absolute atomic E-state index is 0.457. The highest BCUT2D eigenvalue weighted by Crippen LogP contribution is 2.33. The summed E-state index contributed by atoms with van der Waals surface area (Å²) in [5, 5.41) is 2.20. The summed E-state index contributed by atoms with van der Waals surface area (Å²) in [7, 11) is 0. The lowest BCUT2D eigenvalue weighted by molar-refractivity contribution is 0.187. The fourth-order valence-corrected chi connectivity index (χ4v) is 4.09. The fraction of sp³-hybridized carbons (Fsp3) is 0.312. The van der Waals surface area contributed by atoms with Gasteiger partial charge in [-0.25, -0.2) is 4.98 Å². The SMILES string of the molecule is CC1c2ccsc2CCN1Cc1nc2ccc(N)cc2[nH]1. The quantitative estimate of drug-likeness (QED) is 0.714. The highest BCUT2D eigenvalue weighted by atomic mass is 32.1. The molecule has 2 aromatic heterocycles. The normalized spacial score (nSPS) is 19.0. The molecular weight excluding hydrogens is 280 g/mol. The number of fused-ring (bicyclic) bond motifs is 2. The molecule has 0 saturated carbocycles. The van der Waals surface area contributed by atoms with Crippen LogP contribution in [0.4, 0.5) is 5.69 Å². The number of H-pyrrole nitrogens is 1. The van der Waals surface area contributed by atoms with E-state index in [0.29, 0.717) is 6.04 Å². The van der Waals surface area contributed by atoms with Crippen LogP contribution in [-0.2, 0) is 13.0 Å². The minimum atomic E-state index is 0.457. The first-order valence-corrected chi connectivity index (χ1v) is 8.13. The number of anilines is 1.